The molecule has 0 radical (unpaired) electrons. The summed E-state index contributed by atoms with van der Waals surface area (Å²) in [6, 6.07) is 1.98. The molecule has 0 amide bonds. The van der Waals surface area contributed by atoms with Crippen molar-refractivity contribution in [2.75, 3.05) is 12.4 Å². The van der Waals surface area contributed by atoms with Gasteiger partial charge < -0.3 is 5.32 Å². The van der Waals surface area contributed by atoms with Gasteiger partial charge in [0.25, 0.3) is 0 Å². The second-order valence-corrected chi connectivity index (χ2v) is 2.21. The first-order valence-electron chi connectivity index (χ1n) is 5.63. The van der Waals surface area contributed by atoms with Crippen LogP contribution in [0.25, 0.3) is 6.08 Å². The number of aromatic nitrogens is 1. The molecule has 1 N–H and O–H groups in total. The molecule has 1 rings (SSSR count). The van der Waals surface area contributed by atoms with Crippen LogP contribution >= 0.6 is 0 Å². The number of nitrogens with one attached hydrogen (secondary N) is 1. The summed E-state index contributed by atoms with van der Waals surface area (Å²) in [5.41, 5.74) is 2.23. The first-order valence-corrected chi connectivity index (χ1v) is 5.63. The maximum absolute atomic E-state index is 4.00. The highest BCUT2D eigenvalue weighted by Crippen LogP contribution is 2.13. The van der Waals surface area contributed by atoms with E-state index in [1.165, 1.54) is 5.56 Å². The Balaban J connectivity index is 0. The van der Waals surface area contributed by atoms with Crippen molar-refractivity contribution < 1.29 is 0 Å². The van der Waals surface area contributed by atoms with Crippen LogP contribution in [0.2, 0.25) is 0 Å². The van der Waals surface area contributed by atoms with E-state index in [0.717, 1.165) is 5.69 Å². The van der Waals surface area contributed by atoms with Crippen LogP contribution in [-0.4, -0.2) is 12.0 Å². The van der Waals surface area contributed by atoms with E-state index >= 15 is 0 Å². The lowest BCUT2D eigenvalue weighted by molar-refractivity contribution is 1.30. The average molecular weight is 208 g/mol. The summed E-state index contributed by atoms with van der Waals surface area (Å²) in [5, 5.41) is 3.07. The molecule has 0 fully saturated rings. The van der Waals surface area contributed by atoms with Crippen molar-refractivity contribution in [3.05, 3.63) is 30.1 Å². The molecule has 0 saturated heterocycles. The predicted molar refractivity (Wildman–Crippen MR) is 71.2 cm³/mol. The maximum atomic E-state index is 4.00. The lowest BCUT2D eigenvalue weighted by atomic mass is 10.2. The number of rotatable bonds is 2. The highest BCUT2D eigenvalue weighted by Gasteiger charge is 1.93. The molecule has 2 heteroatoms. The summed E-state index contributed by atoms with van der Waals surface area (Å²) in [6.07, 6.45) is 7.66. The lowest BCUT2D eigenvalue weighted by Gasteiger charge is -2.02. The molecule has 86 valence electrons. The zero-order chi connectivity index (χ0) is 12.1. The van der Waals surface area contributed by atoms with E-state index in [2.05, 4.69) is 10.3 Å². The zero-order valence-electron chi connectivity index (χ0n) is 10.8. The number of pyridine rings is 1. The van der Waals surface area contributed by atoms with E-state index in [9.17, 15) is 0 Å². The van der Waals surface area contributed by atoms with Crippen molar-refractivity contribution in [1.82, 2.24) is 4.98 Å². The Morgan fingerprint density at radius 2 is 1.80 bits per heavy atom. The average Bonchev–Trinajstić information content (AvgIpc) is 2.35. The summed E-state index contributed by atoms with van der Waals surface area (Å²) in [5.74, 6) is 0. The van der Waals surface area contributed by atoms with Gasteiger partial charge in [-0.1, -0.05) is 39.8 Å². The van der Waals surface area contributed by atoms with Crippen LogP contribution in [0.15, 0.2) is 24.5 Å². The number of nitrogens with zero attached hydrogens (tertiary/aromatic N) is 1. The maximum Gasteiger partial charge on any atom is 0.0597 e. The highest BCUT2D eigenvalue weighted by molar-refractivity contribution is 5.64. The molecule has 15 heavy (non-hydrogen) atoms. The van der Waals surface area contributed by atoms with Gasteiger partial charge in [0.15, 0.2) is 0 Å². The van der Waals surface area contributed by atoms with Crippen LogP contribution in [0.4, 0.5) is 5.69 Å². The lowest BCUT2D eigenvalue weighted by Crippen LogP contribution is -1.91. The Kier molecular flexibility index (Phi) is 13.6. The minimum Gasteiger partial charge on any atom is -0.386 e. The summed E-state index contributed by atoms with van der Waals surface area (Å²) in [7, 11) is 1.89. The SMILES string of the molecule is C/C=C\c1ccncc1NC.CC.CC. The number of anilines is 1. The van der Waals surface area contributed by atoms with Gasteiger partial charge in [-0.15, -0.1) is 0 Å². The Morgan fingerprint density at radius 3 is 2.27 bits per heavy atom. The Morgan fingerprint density at radius 1 is 1.20 bits per heavy atom. The van der Waals surface area contributed by atoms with Crippen molar-refractivity contribution in [3.8, 4) is 0 Å². The van der Waals surface area contributed by atoms with Crippen LogP contribution in [0.5, 0.6) is 0 Å². The standard InChI is InChI=1S/C9H12N2.2C2H6/c1-3-4-8-5-6-11-7-9(8)10-2;2*1-2/h3-7,10H,1-2H3;2*1-2H3/b4-3-;;. The van der Waals surface area contributed by atoms with Crippen molar-refractivity contribution in [2.45, 2.75) is 34.6 Å². The normalized spacial score (nSPS) is 8.40. The fourth-order valence-corrected chi connectivity index (χ4v) is 0.939. The van der Waals surface area contributed by atoms with Gasteiger partial charge in [0.1, 0.15) is 0 Å². The molecule has 0 aliphatic rings. The first kappa shape index (κ1) is 16.1. The molecule has 0 saturated carbocycles. The first-order chi connectivity index (χ1) is 7.38. The molecule has 0 aliphatic carbocycles. The van der Waals surface area contributed by atoms with Crippen molar-refractivity contribution in [3.63, 3.8) is 0 Å². The van der Waals surface area contributed by atoms with E-state index in [1.807, 2.05) is 66.1 Å². The second kappa shape index (κ2) is 12.7. The van der Waals surface area contributed by atoms with Gasteiger partial charge in [-0.2, -0.15) is 0 Å². The monoisotopic (exact) mass is 208 g/mol. The van der Waals surface area contributed by atoms with Gasteiger partial charge in [0.2, 0.25) is 0 Å². The fraction of sp³-hybridized carbons (Fsp3) is 0.462. The minimum atomic E-state index is 1.06. The summed E-state index contributed by atoms with van der Waals surface area (Å²) in [4.78, 5) is 4.00. The molecule has 1 heterocycles. The van der Waals surface area contributed by atoms with E-state index in [1.54, 1.807) is 6.20 Å². The highest BCUT2D eigenvalue weighted by atomic mass is 14.8. The third kappa shape index (κ3) is 6.72. The van der Waals surface area contributed by atoms with Crippen LogP contribution in [0.3, 0.4) is 0 Å². The van der Waals surface area contributed by atoms with Crippen LogP contribution in [-0.2, 0) is 0 Å². The molecule has 0 atom stereocenters. The molecule has 0 spiro atoms. The van der Waals surface area contributed by atoms with Crippen LogP contribution in [0, 0.1) is 0 Å². The van der Waals surface area contributed by atoms with Gasteiger partial charge >= 0.3 is 0 Å². The Hall–Kier alpha value is -1.31. The fourth-order valence-electron chi connectivity index (χ4n) is 0.939. The molecule has 0 unspecified atom stereocenters. The minimum absolute atomic E-state index is 1.06. The topological polar surface area (TPSA) is 24.9 Å². The van der Waals surface area contributed by atoms with Crippen molar-refractivity contribution in [2.24, 2.45) is 0 Å². The molecule has 0 bridgehead atoms. The summed E-state index contributed by atoms with van der Waals surface area (Å²) in [6.45, 7) is 10.00. The number of hydrogen-bond donors (Lipinski definition) is 1. The van der Waals surface area contributed by atoms with Gasteiger partial charge in [0.05, 0.1) is 11.9 Å². The third-order valence-electron chi connectivity index (χ3n) is 1.47. The van der Waals surface area contributed by atoms with E-state index in [-0.39, 0.29) is 0 Å². The molecule has 2 nitrogen and oxygen atoms in total. The van der Waals surface area contributed by atoms with Crippen molar-refractivity contribution in [1.29, 1.82) is 0 Å². The zero-order valence-corrected chi connectivity index (χ0v) is 10.8. The number of allylic oxidation sites excluding steroid dienone is 1. The van der Waals surface area contributed by atoms with Crippen LogP contribution < -0.4 is 5.32 Å². The summed E-state index contributed by atoms with van der Waals surface area (Å²) >= 11 is 0. The molecule has 1 aromatic rings. The molecule has 0 aliphatic heterocycles. The molecular weight excluding hydrogens is 184 g/mol. The van der Waals surface area contributed by atoms with E-state index in [0.29, 0.717) is 0 Å². The smallest absolute Gasteiger partial charge is 0.0597 e. The van der Waals surface area contributed by atoms with E-state index < -0.39 is 0 Å². The van der Waals surface area contributed by atoms with E-state index in [4.69, 9.17) is 0 Å². The van der Waals surface area contributed by atoms with Crippen molar-refractivity contribution >= 4 is 11.8 Å². The quantitative estimate of drug-likeness (QED) is 0.787. The number of hydrogen-bond acceptors (Lipinski definition) is 2. The Bertz CT molecular complexity index is 254. The Labute approximate surface area is 94.4 Å². The van der Waals surface area contributed by atoms with Gasteiger partial charge in [-0.05, 0) is 13.0 Å². The summed E-state index contributed by atoms with van der Waals surface area (Å²) < 4.78 is 0. The van der Waals surface area contributed by atoms with Crippen LogP contribution in [0.1, 0.15) is 40.2 Å². The third-order valence-corrected chi connectivity index (χ3v) is 1.47. The largest absolute Gasteiger partial charge is 0.386 e. The molecular formula is C13H24N2. The predicted octanol–water partition coefficient (Wildman–Crippen LogP) is 4.21. The van der Waals surface area contributed by atoms with Gasteiger partial charge in [0, 0.05) is 18.8 Å². The second-order valence-electron chi connectivity index (χ2n) is 2.21. The molecule has 1 aromatic heterocycles. The molecule has 0 aromatic carbocycles. The van der Waals surface area contributed by atoms with Gasteiger partial charge in [-0.25, -0.2) is 0 Å². The van der Waals surface area contributed by atoms with Gasteiger partial charge in [-0.3, -0.25) is 4.98 Å².